The minimum Gasteiger partial charge on any atom is -0.377 e. The second-order valence-corrected chi connectivity index (χ2v) is 7.71. The number of likely N-dealkylation sites (N-methyl/N-ethyl adjacent to an activating group) is 1. The van der Waals surface area contributed by atoms with E-state index in [0.29, 0.717) is 45.8 Å². The largest absolute Gasteiger partial charge is 0.377 e. The first kappa shape index (κ1) is 18.0. The van der Waals surface area contributed by atoms with Gasteiger partial charge in [0.25, 0.3) is 5.91 Å². The van der Waals surface area contributed by atoms with Crippen molar-refractivity contribution in [3.63, 3.8) is 0 Å². The van der Waals surface area contributed by atoms with E-state index in [2.05, 4.69) is 23.9 Å². The number of hydrogen-bond donors (Lipinski definition) is 0. The predicted molar refractivity (Wildman–Crippen MR) is 88.8 cm³/mol. The van der Waals surface area contributed by atoms with Crippen LogP contribution in [0.25, 0.3) is 0 Å². The van der Waals surface area contributed by atoms with Crippen LogP contribution in [0.15, 0.2) is 0 Å². The first-order chi connectivity index (χ1) is 11.4. The lowest BCUT2D eigenvalue weighted by molar-refractivity contribution is -0.174. The monoisotopic (exact) mass is 343 g/mol. The molecule has 138 valence electrons. The van der Waals surface area contributed by atoms with Crippen LogP contribution in [0.5, 0.6) is 0 Å². The van der Waals surface area contributed by atoms with Gasteiger partial charge in [0.15, 0.2) is 5.67 Å². The molecule has 3 aliphatic rings. The number of ether oxygens (including phenoxy) is 2. The summed E-state index contributed by atoms with van der Waals surface area (Å²) in [5, 5.41) is 0. The summed E-state index contributed by atoms with van der Waals surface area (Å²) in [6.07, 6.45) is 1.53. The zero-order valence-electron chi connectivity index (χ0n) is 14.9. The van der Waals surface area contributed by atoms with Crippen LogP contribution in [0.3, 0.4) is 0 Å². The Balaban J connectivity index is 1.65. The average molecular weight is 343 g/mol. The van der Waals surface area contributed by atoms with E-state index in [9.17, 15) is 9.18 Å². The zero-order chi connectivity index (χ0) is 17.2. The van der Waals surface area contributed by atoms with E-state index < -0.39 is 11.3 Å². The highest BCUT2D eigenvalue weighted by Crippen LogP contribution is 2.38. The Morgan fingerprint density at radius 3 is 2.67 bits per heavy atom. The van der Waals surface area contributed by atoms with Crippen LogP contribution in [0, 0.1) is 0 Å². The maximum Gasteiger partial charge on any atom is 0.260 e. The molecule has 7 heteroatoms. The molecular formula is C17H30FN3O3. The van der Waals surface area contributed by atoms with Crippen molar-refractivity contribution in [2.75, 3.05) is 73.2 Å². The standard InChI is InChI=1S/C17H30FN3O3/c1-19(2)6-7-20-8-10-23-14-16(12-20)13-21(9-11-24-16)15(22)17(18)4-3-5-17/h3-14H2,1-2H3. The molecule has 2 saturated heterocycles. The van der Waals surface area contributed by atoms with Gasteiger partial charge >= 0.3 is 0 Å². The molecule has 0 aromatic rings. The fourth-order valence-corrected chi connectivity index (χ4v) is 3.70. The van der Waals surface area contributed by atoms with Crippen molar-refractivity contribution in [2.24, 2.45) is 0 Å². The van der Waals surface area contributed by atoms with Gasteiger partial charge in [0.2, 0.25) is 0 Å². The number of hydrogen-bond acceptors (Lipinski definition) is 5. The van der Waals surface area contributed by atoms with Gasteiger partial charge in [0, 0.05) is 32.7 Å². The summed E-state index contributed by atoms with van der Waals surface area (Å²) in [7, 11) is 4.11. The van der Waals surface area contributed by atoms with Crippen LogP contribution in [0.2, 0.25) is 0 Å². The van der Waals surface area contributed by atoms with Crippen LogP contribution in [0.1, 0.15) is 19.3 Å². The normalized spacial score (nSPS) is 31.1. The molecule has 24 heavy (non-hydrogen) atoms. The Morgan fingerprint density at radius 2 is 2.00 bits per heavy atom. The minimum atomic E-state index is -1.63. The van der Waals surface area contributed by atoms with Gasteiger partial charge in [-0.25, -0.2) is 4.39 Å². The van der Waals surface area contributed by atoms with Gasteiger partial charge in [0.05, 0.1) is 26.4 Å². The first-order valence-electron chi connectivity index (χ1n) is 9.00. The van der Waals surface area contributed by atoms with Crippen LogP contribution in [-0.4, -0.2) is 105 Å². The molecule has 0 radical (unpaired) electrons. The van der Waals surface area contributed by atoms with E-state index in [1.54, 1.807) is 4.90 Å². The quantitative estimate of drug-likeness (QED) is 0.738. The summed E-state index contributed by atoms with van der Waals surface area (Å²) >= 11 is 0. The topological polar surface area (TPSA) is 45.2 Å². The van der Waals surface area contributed by atoms with Gasteiger partial charge < -0.3 is 19.3 Å². The molecule has 1 saturated carbocycles. The van der Waals surface area contributed by atoms with Gasteiger partial charge in [-0.05, 0) is 33.4 Å². The summed E-state index contributed by atoms with van der Waals surface area (Å²) in [4.78, 5) is 18.7. The summed E-state index contributed by atoms with van der Waals surface area (Å²) in [5.41, 5.74) is -2.16. The van der Waals surface area contributed by atoms with E-state index in [-0.39, 0.29) is 5.91 Å². The molecule has 1 atom stereocenters. The number of halogens is 1. The molecule has 2 heterocycles. The van der Waals surface area contributed by atoms with Crippen LogP contribution in [0.4, 0.5) is 4.39 Å². The van der Waals surface area contributed by atoms with Gasteiger partial charge in [-0.2, -0.15) is 0 Å². The summed E-state index contributed by atoms with van der Waals surface area (Å²) < 4.78 is 26.4. The lowest BCUT2D eigenvalue weighted by Crippen LogP contribution is -2.63. The SMILES string of the molecule is CN(C)CCN1CCOCC2(C1)CN(C(=O)C1(F)CCC1)CCO2. The van der Waals surface area contributed by atoms with Crippen molar-refractivity contribution in [1.82, 2.24) is 14.7 Å². The Bertz CT molecular complexity index is 458. The van der Waals surface area contributed by atoms with E-state index in [1.807, 2.05) is 0 Å². The van der Waals surface area contributed by atoms with E-state index in [1.165, 1.54) is 0 Å². The summed E-state index contributed by atoms with van der Waals surface area (Å²) in [5.74, 6) is -0.347. The molecule has 2 aliphatic heterocycles. The Labute approximate surface area is 143 Å². The van der Waals surface area contributed by atoms with Gasteiger partial charge in [-0.3, -0.25) is 9.69 Å². The molecule has 1 aliphatic carbocycles. The highest BCUT2D eigenvalue weighted by molar-refractivity contribution is 5.86. The molecule has 3 rings (SSSR count). The maximum absolute atomic E-state index is 14.5. The van der Waals surface area contributed by atoms with Crippen LogP contribution in [-0.2, 0) is 14.3 Å². The van der Waals surface area contributed by atoms with Crippen molar-refractivity contribution in [2.45, 2.75) is 30.5 Å². The number of carbonyl (C=O) groups excluding carboxylic acids is 1. The Morgan fingerprint density at radius 1 is 1.21 bits per heavy atom. The third-order valence-corrected chi connectivity index (χ3v) is 5.36. The number of morpholine rings is 1. The van der Waals surface area contributed by atoms with Gasteiger partial charge in [-0.1, -0.05) is 0 Å². The van der Waals surface area contributed by atoms with Crippen molar-refractivity contribution < 1.29 is 18.7 Å². The lowest BCUT2D eigenvalue weighted by Gasteiger charge is -2.46. The fourth-order valence-electron chi connectivity index (χ4n) is 3.70. The highest BCUT2D eigenvalue weighted by atomic mass is 19.1. The number of alkyl halides is 1. The van der Waals surface area contributed by atoms with Crippen LogP contribution >= 0.6 is 0 Å². The third-order valence-electron chi connectivity index (χ3n) is 5.36. The number of carbonyl (C=O) groups is 1. The zero-order valence-corrected chi connectivity index (χ0v) is 14.9. The number of amides is 1. The second-order valence-electron chi connectivity index (χ2n) is 7.71. The average Bonchev–Trinajstić information content (AvgIpc) is 2.72. The first-order valence-corrected chi connectivity index (χ1v) is 9.00. The molecule has 0 bridgehead atoms. The molecule has 1 amide bonds. The molecule has 0 N–H and O–H groups in total. The number of rotatable bonds is 4. The van der Waals surface area contributed by atoms with E-state index in [4.69, 9.17) is 9.47 Å². The molecule has 1 unspecified atom stereocenters. The van der Waals surface area contributed by atoms with Gasteiger partial charge in [-0.15, -0.1) is 0 Å². The number of nitrogens with zero attached hydrogens (tertiary/aromatic N) is 3. The van der Waals surface area contributed by atoms with E-state index in [0.717, 1.165) is 32.6 Å². The minimum absolute atomic E-state index is 0.347. The van der Waals surface area contributed by atoms with Crippen LogP contribution < -0.4 is 0 Å². The molecule has 6 nitrogen and oxygen atoms in total. The van der Waals surface area contributed by atoms with Crippen molar-refractivity contribution >= 4 is 5.91 Å². The maximum atomic E-state index is 14.5. The molecule has 0 aromatic heterocycles. The second kappa shape index (κ2) is 7.23. The predicted octanol–water partition coefficient (Wildman–Crippen LogP) is 0.370. The molecule has 1 spiro atoms. The summed E-state index contributed by atoms with van der Waals surface area (Å²) in [6, 6.07) is 0. The van der Waals surface area contributed by atoms with Crippen molar-refractivity contribution in [1.29, 1.82) is 0 Å². The Kier molecular flexibility index (Phi) is 5.44. The summed E-state index contributed by atoms with van der Waals surface area (Å²) in [6.45, 7) is 5.97. The lowest BCUT2D eigenvalue weighted by atomic mass is 9.80. The molecular weight excluding hydrogens is 313 g/mol. The molecule has 0 aromatic carbocycles. The smallest absolute Gasteiger partial charge is 0.260 e. The van der Waals surface area contributed by atoms with Crippen molar-refractivity contribution in [3.8, 4) is 0 Å². The highest BCUT2D eigenvalue weighted by Gasteiger charge is 2.50. The van der Waals surface area contributed by atoms with Crippen molar-refractivity contribution in [3.05, 3.63) is 0 Å². The van der Waals surface area contributed by atoms with E-state index >= 15 is 0 Å². The third kappa shape index (κ3) is 3.90. The van der Waals surface area contributed by atoms with Gasteiger partial charge in [0.1, 0.15) is 5.60 Å². The fraction of sp³-hybridized carbons (Fsp3) is 0.941. The molecule has 3 fully saturated rings. The Hall–Kier alpha value is -0.760.